The zero-order valence-corrected chi connectivity index (χ0v) is 24.5. The van der Waals surface area contributed by atoms with E-state index < -0.39 is 0 Å². The molecule has 2 heterocycles. The summed E-state index contributed by atoms with van der Waals surface area (Å²) in [5, 5.41) is -0.297. The van der Waals surface area contributed by atoms with Crippen LogP contribution in [0.5, 0.6) is 11.5 Å². The van der Waals surface area contributed by atoms with Crippen molar-refractivity contribution in [1.29, 1.82) is 0 Å². The van der Waals surface area contributed by atoms with Crippen molar-refractivity contribution in [3.8, 4) is 11.5 Å². The van der Waals surface area contributed by atoms with Gasteiger partial charge < -0.3 is 14.4 Å². The maximum atomic E-state index is 13.0. The van der Waals surface area contributed by atoms with E-state index in [-0.39, 0.29) is 23.6 Å². The largest absolute Gasteiger partial charge is 0.493 e. The summed E-state index contributed by atoms with van der Waals surface area (Å²) in [4.78, 5) is 41.7. The van der Waals surface area contributed by atoms with Gasteiger partial charge in [-0.2, -0.15) is 0 Å². The summed E-state index contributed by atoms with van der Waals surface area (Å²) in [6.45, 7) is 2.18. The van der Waals surface area contributed by atoms with Gasteiger partial charge in [0.15, 0.2) is 11.5 Å². The first-order valence-electron chi connectivity index (χ1n) is 13.1. The SMILES string of the molecule is COc1cc(/C=C2\SC(=O)N(Cc3ccc(Br)cc3)C2=O)ccc1OCc1ccc(C(=O)N2CCCCC2)cc1. The molecule has 0 radical (unpaired) electrons. The Kier molecular flexibility index (Phi) is 8.91. The number of carbonyl (C=O) groups is 3. The molecule has 3 amide bonds. The predicted octanol–water partition coefficient (Wildman–Crippen LogP) is 6.90. The first-order chi connectivity index (χ1) is 19.4. The summed E-state index contributed by atoms with van der Waals surface area (Å²) in [6.07, 6.45) is 5.00. The van der Waals surface area contributed by atoms with Gasteiger partial charge in [0.05, 0.1) is 18.6 Å². The lowest BCUT2D eigenvalue weighted by atomic mass is 10.1. The van der Waals surface area contributed by atoms with E-state index in [2.05, 4.69) is 15.9 Å². The molecule has 2 saturated heterocycles. The normalized spacial score (nSPS) is 16.5. The maximum Gasteiger partial charge on any atom is 0.293 e. The van der Waals surface area contributed by atoms with Gasteiger partial charge in [-0.15, -0.1) is 0 Å². The number of ether oxygens (including phenoxy) is 2. The minimum absolute atomic E-state index is 0.0792. The number of hydrogen-bond acceptors (Lipinski definition) is 6. The first kappa shape index (κ1) is 28.0. The fourth-order valence-electron chi connectivity index (χ4n) is 4.64. The van der Waals surface area contributed by atoms with Crippen LogP contribution in [-0.2, 0) is 17.9 Å². The Labute approximate surface area is 246 Å². The average Bonchev–Trinajstić information content (AvgIpc) is 3.25. The molecular formula is C31H29BrN2O5S. The van der Waals surface area contributed by atoms with E-state index in [4.69, 9.17) is 9.47 Å². The highest BCUT2D eigenvalue weighted by Crippen LogP contribution is 2.35. The zero-order chi connectivity index (χ0) is 28.1. The Morgan fingerprint density at radius 3 is 2.33 bits per heavy atom. The number of amides is 3. The average molecular weight is 622 g/mol. The molecule has 0 saturated carbocycles. The molecule has 7 nitrogen and oxygen atoms in total. The van der Waals surface area contributed by atoms with Crippen LogP contribution in [0.4, 0.5) is 4.79 Å². The third-order valence-electron chi connectivity index (χ3n) is 6.85. The number of piperidine rings is 1. The molecule has 3 aromatic rings. The van der Waals surface area contributed by atoms with E-state index in [1.165, 1.54) is 11.3 Å². The van der Waals surface area contributed by atoms with E-state index in [9.17, 15) is 14.4 Å². The van der Waals surface area contributed by atoms with Gasteiger partial charge in [-0.05, 0) is 90.2 Å². The second-order valence-corrected chi connectivity index (χ2v) is 11.6. The molecule has 206 valence electrons. The smallest absolute Gasteiger partial charge is 0.293 e. The fraction of sp³-hybridized carbons (Fsp3) is 0.258. The maximum absolute atomic E-state index is 13.0. The fourth-order valence-corrected chi connectivity index (χ4v) is 5.74. The van der Waals surface area contributed by atoms with Crippen LogP contribution in [0.1, 0.15) is 46.3 Å². The number of carbonyl (C=O) groups excluding carboxylic acids is 3. The van der Waals surface area contributed by atoms with Crippen molar-refractivity contribution in [3.63, 3.8) is 0 Å². The third kappa shape index (κ3) is 6.59. The summed E-state index contributed by atoms with van der Waals surface area (Å²) in [7, 11) is 1.55. The van der Waals surface area contributed by atoms with Crippen molar-refractivity contribution in [2.24, 2.45) is 0 Å². The van der Waals surface area contributed by atoms with Crippen LogP contribution in [0, 0.1) is 0 Å². The highest BCUT2D eigenvalue weighted by Gasteiger charge is 2.35. The van der Waals surface area contributed by atoms with Crippen molar-refractivity contribution in [3.05, 3.63) is 98.4 Å². The van der Waals surface area contributed by atoms with Crippen molar-refractivity contribution in [2.75, 3.05) is 20.2 Å². The summed E-state index contributed by atoms with van der Waals surface area (Å²) < 4.78 is 12.5. The van der Waals surface area contributed by atoms with Gasteiger partial charge in [0, 0.05) is 23.1 Å². The Balaban J connectivity index is 1.22. The molecule has 5 rings (SSSR count). The molecule has 0 unspecified atom stereocenters. The quantitative estimate of drug-likeness (QED) is 0.255. The van der Waals surface area contributed by atoms with Gasteiger partial charge in [0.1, 0.15) is 6.61 Å². The van der Waals surface area contributed by atoms with Crippen LogP contribution < -0.4 is 9.47 Å². The molecule has 2 fully saturated rings. The first-order valence-corrected chi connectivity index (χ1v) is 14.7. The Morgan fingerprint density at radius 1 is 0.925 bits per heavy atom. The predicted molar refractivity (Wildman–Crippen MR) is 159 cm³/mol. The number of benzene rings is 3. The van der Waals surface area contributed by atoms with Gasteiger partial charge in [-0.1, -0.05) is 46.3 Å². The van der Waals surface area contributed by atoms with Gasteiger partial charge in [-0.3, -0.25) is 19.3 Å². The molecule has 2 aliphatic rings. The molecule has 0 aromatic heterocycles. The Morgan fingerprint density at radius 2 is 1.62 bits per heavy atom. The molecule has 0 atom stereocenters. The lowest BCUT2D eigenvalue weighted by molar-refractivity contribution is -0.123. The van der Waals surface area contributed by atoms with Crippen LogP contribution in [0.2, 0.25) is 0 Å². The van der Waals surface area contributed by atoms with Crippen LogP contribution in [0.15, 0.2) is 76.1 Å². The lowest BCUT2D eigenvalue weighted by Gasteiger charge is -2.26. The molecule has 9 heteroatoms. The number of imide groups is 1. The van der Waals surface area contributed by atoms with Crippen LogP contribution in [0.25, 0.3) is 6.08 Å². The summed E-state index contributed by atoms with van der Waals surface area (Å²) in [6, 6.07) is 20.4. The van der Waals surface area contributed by atoms with Gasteiger partial charge in [-0.25, -0.2) is 0 Å². The number of methoxy groups -OCH3 is 1. The van der Waals surface area contributed by atoms with Crippen LogP contribution in [0.3, 0.4) is 0 Å². The third-order valence-corrected chi connectivity index (χ3v) is 8.29. The number of hydrogen-bond donors (Lipinski definition) is 0. The van der Waals surface area contributed by atoms with E-state index in [1.54, 1.807) is 25.3 Å². The van der Waals surface area contributed by atoms with Crippen LogP contribution >= 0.6 is 27.7 Å². The molecule has 0 spiro atoms. The minimum atomic E-state index is -0.320. The number of halogens is 1. The minimum Gasteiger partial charge on any atom is -0.493 e. The van der Waals surface area contributed by atoms with E-state index in [0.717, 1.165) is 58.9 Å². The van der Waals surface area contributed by atoms with Gasteiger partial charge in [0.2, 0.25) is 0 Å². The summed E-state index contributed by atoms with van der Waals surface area (Å²) in [5.74, 6) is 0.825. The zero-order valence-electron chi connectivity index (χ0n) is 22.1. The molecule has 0 bridgehead atoms. The van der Waals surface area contributed by atoms with Crippen LogP contribution in [-0.4, -0.2) is 47.1 Å². The molecular weight excluding hydrogens is 592 g/mol. The van der Waals surface area contributed by atoms with Crippen molar-refractivity contribution >= 4 is 50.8 Å². The molecule has 2 aliphatic heterocycles. The highest BCUT2D eigenvalue weighted by molar-refractivity contribution is 9.10. The molecule has 0 N–H and O–H groups in total. The van der Waals surface area contributed by atoms with Gasteiger partial charge >= 0.3 is 0 Å². The number of nitrogens with zero attached hydrogens (tertiary/aromatic N) is 2. The summed E-state index contributed by atoms with van der Waals surface area (Å²) >= 11 is 4.32. The Bertz CT molecular complexity index is 1430. The second-order valence-electron chi connectivity index (χ2n) is 9.64. The standard InChI is InChI=1S/C31H29BrN2O5S/c1-38-27-17-23(18-28-30(36)34(31(37)40-28)19-21-7-12-25(32)13-8-21)9-14-26(27)39-20-22-5-10-24(11-6-22)29(35)33-15-3-2-4-16-33/h5-14,17-18H,2-4,15-16,19-20H2,1H3/b28-18-. The van der Waals surface area contributed by atoms with E-state index in [0.29, 0.717) is 28.6 Å². The molecule has 3 aromatic carbocycles. The highest BCUT2D eigenvalue weighted by atomic mass is 79.9. The molecule has 0 aliphatic carbocycles. The van der Waals surface area contributed by atoms with E-state index in [1.807, 2.05) is 59.5 Å². The second kappa shape index (κ2) is 12.7. The Hall–Kier alpha value is -3.56. The van der Waals surface area contributed by atoms with Gasteiger partial charge in [0.25, 0.3) is 17.1 Å². The topological polar surface area (TPSA) is 76.1 Å². The van der Waals surface area contributed by atoms with Crippen molar-refractivity contribution in [2.45, 2.75) is 32.4 Å². The van der Waals surface area contributed by atoms with Crippen molar-refractivity contribution < 1.29 is 23.9 Å². The van der Waals surface area contributed by atoms with E-state index >= 15 is 0 Å². The number of likely N-dealkylation sites (tertiary alicyclic amines) is 1. The van der Waals surface area contributed by atoms with Crippen molar-refractivity contribution in [1.82, 2.24) is 9.80 Å². The lowest BCUT2D eigenvalue weighted by Crippen LogP contribution is -2.35. The number of thioether (sulfide) groups is 1. The monoisotopic (exact) mass is 620 g/mol. The number of rotatable bonds is 8. The summed E-state index contributed by atoms with van der Waals surface area (Å²) in [5.41, 5.74) is 3.21. The molecule has 40 heavy (non-hydrogen) atoms.